The molecule has 0 radical (unpaired) electrons. The van der Waals surface area contributed by atoms with Gasteiger partial charge in [0.2, 0.25) is 0 Å². The van der Waals surface area contributed by atoms with Gasteiger partial charge in [-0.25, -0.2) is 15.0 Å². The van der Waals surface area contributed by atoms with Crippen LogP contribution in [0.3, 0.4) is 0 Å². The molecule has 24 heavy (non-hydrogen) atoms. The van der Waals surface area contributed by atoms with Crippen molar-refractivity contribution in [3.05, 3.63) is 47.4 Å². The highest BCUT2D eigenvalue weighted by atomic mass is 19.4. The van der Waals surface area contributed by atoms with Crippen LogP contribution in [0.1, 0.15) is 56.0 Å². The van der Waals surface area contributed by atoms with Gasteiger partial charge in [-0.15, -0.1) is 0 Å². The number of rotatable bonds is 0. The lowest BCUT2D eigenvalue weighted by Gasteiger charge is -2.23. The molecule has 2 spiro atoms. The zero-order valence-corrected chi connectivity index (χ0v) is 13.0. The Kier molecular flexibility index (Phi) is 2.60. The van der Waals surface area contributed by atoms with Gasteiger partial charge in [-0.05, 0) is 44.6 Å². The quantitative estimate of drug-likeness (QED) is 0.716. The normalized spacial score (nSPS) is 31.0. The molecule has 1 aromatic rings. The fraction of sp³-hybridized carbons (Fsp3) is 0.500. The van der Waals surface area contributed by atoms with E-state index in [2.05, 4.69) is 15.0 Å². The molecule has 0 N–H and O–H groups in total. The molecule has 1 aromatic heterocycles. The molecule has 2 saturated carbocycles. The van der Waals surface area contributed by atoms with Gasteiger partial charge in [0.25, 0.3) is 0 Å². The van der Waals surface area contributed by atoms with Gasteiger partial charge in [0.05, 0.1) is 0 Å². The molecule has 6 heteroatoms. The molecule has 2 aliphatic heterocycles. The lowest BCUT2D eigenvalue weighted by molar-refractivity contribution is -0.0949. The van der Waals surface area contributed by atoms with E-state index >= 15 is 0 Å². The predicted molar refractivity (Wildman–Crippen MR) is 82.1 cm³/mol. The molecule has 0 amide bonds. The molecular weight excluding hydrogens is 315 g/mol. The molecule has 0 unspecified atom stereocenters. The van der Waals surface area contributed by atoms with Crippen molar-refractivity contribution in [2.24, 2.45) is 0 Å². The highest BCUT2D eigenvalue weighted by Crippen LogP contribution is 2.56. The molecule has 3 heterocycles. The van der Waals surface area contributed by atoms with Crippen LogP contribution in [-0.4, -0.2) is 21.1 Å². The van der Waals surface area contributed by atoms with Crippen molar-refractivity contribution in [2.45, 2.75) is 55.5 Å². The summed E-state index contributed by atoms with van der Waals surface area (Å²) in [7, 11) is 0. The van der Waals surface area contributed by atoms with Crippen LogP contribution in [-0.2, 0) is 10.8 Å². The standard InChI is InChI=1S/C18H16F3N3/c19-18(20,21)12-9-11-3-1-2-4-16(5-6-16)14-22-13(11)23-15(24-14)17(10-12)7-8-17/h1-3,9H,4-8,10H2/b2-1-,11-3-,12-9+. The van der Waals surface area contributed by atoms with Crippen molar-refractivity contribution in [1.82, 2.24) is 15.0 Å². The molecule has 5 rings (SSSR count). The summed E-state index contributed by atoms with van der Waals surface area (Å²) in [6.07, 6.45) is 6.73. The summed E-state index contributed by atoms with van der Waals surface area (Å²) in [5.41, 5.74) is -0.648. The maximum atomic E-state index is 13.5. The molecule has 3 nitrogen and oxygen atoms in total. The van der Waals surface area contributed by atoms with E-state index in [4.69, 9.17) is 0 Å². The third-order valence-electron chi connectivity index (χ3n) is 5.69. The number of hydrogen-bond acceptors (Lipinski definition) is 3. The van der Waals surface area contributed by atoms with Crippen LogP contribution in [0.2, 0.25) is 0 Å². The van der Waals surface area contributed by atoms with E-state index in [0.717, 1.165) is 25.1 Å². The summed E-state index contributed by atoms with van der Waals surface area (Å²) in [4.78, 5) is 13.8. The maximum absolute atomic E-state index is 13.5. The van der Waals surface area contributed by atoms with E-state index in [1.807, 2.05) is 12.2 Å². The topological polar surface area (TPSA) is 38.7 Å². The molecule has 4 aliphatic rings. The third-order valence-corrected chi connectivity index (χ3v) is 5.69. The van der Waals surface area contributed by atoms with Crippen molar-refractivity contribution in [1.29, 1.82) is 0 Å². The van der Waals surface area contributed by atoms with Crippen LogP contribution in [0.4, 0.5) is 13.2 Å². The molecular formula is C18H16F3N3. The monoisotopic (exact) mass is 331 g/mol. The van der Waals surface area contributed by atoms with Gasteiger partial charge < -0.3 is 0 Å². The van der Waals surface area contributed by atoms with E-state index in [-0.39, 0.29) is 11.8 Å². The minimum absolute atomic E-state index is 0.0297. The summed E-state index contributed by atoms with van der Waals surface area (Å²) < 4.78 is 40.5. The number of aromatic nitrogens is 3. The van der Waals surface area contributed by atoms with E-state index in [1.165, 1.54) is 6.08 Å². The number of nitrogens with zero attached hydrogens (tertiary/aromatic N) is 3. The van der Waals surface area contributed by atoms with Crippen molar-refractivity contribution < 1.29 is 13.2 Å². The summed E-state index contributed by atoms with van der Waals surface area (Å²) >= 11 is 0. The van der Waals surface area contributed by atoms with E-state index in [9.17, 15) is 13.2 Å². The van der Waals surface area contributed by atoms with Crippen molar-refractivity contribution >= 4 is 5.57 Å². The lowest BCUT2D eigenvalue weighted by atomic mass is 9.91. The zero-order valence-electron chi connectivity index (χ0n) is 13.0. The van der Waals surface area contributed by atoms with Gasteiger partial charge in [-0.2, -0.15) is 13.2 Å². The lowest BCUT2D eigenvalue weighted by Crippen LogP contribution is -2.25. The Hall–Kier alpha value is -1.98. The summed E-state index contributed by atoms with van der Waals surface area (Å²) in [5, 5.41) is 0. The average Bonchev–Trinajstić information content (AvgIpc) is 3.42. The van der Waals surface area contributed by atoms with Crippen LogP contribution in [0.5, 0.6) is 0 Å². The first-order chi connectivity index (χ1) is 11.4. The first kappa shape index (κ1) is 14.4. The minimum atomic E-state index is -4.34. The van der Waals surface area contributed by atoms with Gasteiger partial charge in [-0.3, -0.25) is 0 Å². The summed E-state index contributed by atoms with van der Waals surface area (Å²) in [5.74, 6) is 1.73. The number of fused-ring (bicyclic) bond motifs is 4. The largest absolute Gasteiger partial charge is 0.412 e. The number of hydrogen-bond donors (Lipinski definition) is 0. The SMILES string of the molecule is FC(F)(F)/C1=C/C2=C/C=C\CC3(CC3)c3nc2nc(n3)C2(CC2)C1. The predicted octanol–water partition coefficient (Wildman–Crippen LogP) is 4.17. The van der Waals surface area contributed by atoms with Crippen molar-refractivity contribution in [3.63, 3.8) is 0 Å². The number of allylic oxidation sites excluding steroid dienone is 6. The van der Waals surface area contributed by atoms with Crippen LogP contribution in [0, 0.1) is 0 Å². The summed E-state index contributed by atoms with van der Waals surface area (Å²) in [6, 6.07) is 0. The molecule has 2 aliphatic carbocycles. The van der Waals surface area contributed by atoms with Crippen LogP contribution >= 0.6 is 0 Å². The first-order valence-corrected chi connectivity index (χ1v) is 8.32. The number of halogens is 3. The molecule has 2 fully saturated rings. The molecule has 124 valence electrons. The van der Waals surface area contributed by atoms with E-state index in [0.29, 0.717) is 30.1 Å². The molecule has 3 bridgehead atoms. The second-order valence-corrected chi connectivity index (χ2v) is 7.47. The fourth-order valence-corrected chi connectivity index (χ4v) is 3.72. The highest BCUT2D eigenvalue weighted by Gasteiger charge is 2.54. The Bertz CT molecular complexity index is 821. The Morgan fingerprint density at radius 1 is 0.917 bits per heavy atom. The Morgan fingerprint density at radius 3 is 2.21 bits per heavy atom. The smallest absolute Gasteiger partial charge is 0.217 e. The van der Waals surface area contributed by atoms with Gasteiger partial charge in [0.1, 0.15) is 11.6 Å². The minimum Gasteiger partial charge on any atom is -0.217 e. The Labute approximate surface area is 137 Å². The Balaban J connectivity index is 1.76. The second-order valence-electron chi connectivity index (χ2n) is 7.47. The number of alkyl halides is 3. The second kappa shape index (κ2) is 4.35. The molecule has 0 saturated heterocycles. The third kappa shape index (κ3) is 2.08. The average molecular weight is 331 g/mol. The van der Waals surface area contributed by atoms with Gasteiger partial charge >= 0.3 is 6.18 Å². The summed E-state index contributed by atoms with van der Waals surface area (Å²) in [6.45, 7) is 0. The Morgan fingerprint density at radius 2 is 1.58 bits per heavy atom. The van der Waals surface area contributed by atoms with Crippen molar-refractivity contribution in [2.75, 3.05) is 0 Å². The molecule has 0 aromatic carbocycles. The van der Waals surface area contributed by atoms with Gasteiger partial charge in [0, 0.05) is 22.0 Å². The fourth-order valence-electron chi connectivity index (χ4n) is 3.72. The molecule has 0 atom stereocenters. The zero-order chi connectivity index (χ0) is 16.6. The highest BCUT2D eigenvalue weighted by molar-refractivity contribution is 5.73. The van der Waals surface area contributed by atoms with E-state index < -0.39 is 17.2 Å². The van der Waals surface area contributed by atoms with Gasteiger partial charge in [0.15, 0.2) is 5.82 Å². The van der Waals surface area contributed by atoms with Crippen LogP contribution in [0.15, 0.2) is 29.9 Å². The van der Waals surface area contributed by atoms with Crippen molar-refractivity contribution in [3.8, 4) is 0 Å². The first-order valence-electron chi connectivity index (χ1n) is 8.32. The van der Waals surface area contributed by atoms with Crippen LogP contribution in [0.25, 0.3) is 5.57 Å². The van der Waals surface area contributed by atoms with Gasteiger partial charge in [-0.1, -0.05) is 18.2 Å². The maximum Gasteiger partial charge on any atom is 0.412 e. The van der Waals surface area contributed by atoms with E-state index in [1.54, 1.807) is 6.08 Å². The van der Waals surface area contributed by atoms with Crippen LogP contribution < -0.4 is 0 Å².